The quantitative estimate of drug-likeness (QED) is 0.396. The van der Waals surface area contributed by atoms with Crippen LogP contribution in [0.4, 0.5) is 19.0 Å². The number of aromatic nitrogens is 6. The van der Waals surface area contributed by atoms with Gasteiger partial charge in [0, 0.05) is 24.8 Å². The van der Waals surface area contributed by atoms with E-state index in [1.807, 2.05) is 0 Å². The number of rotatable bonds is 6. The Kier molecular flexibility index (Phi) is 5.84. The molecular formula is C25H30F3N9O. The second kappa shape index (κ2) is 9.38. The maximum absolute atomic E-state index is 15.2. The lowest BCUT2D eigenvalue weighted by molar-refractivity contribution is -0.154. The molecule has 2 atom stereocenters. The molecule has 38 heavy (non-hydrogen) atoms. The van der Waals surface area contributed by atoms with E-state index in [0.29, 0.717) is 59.9 Å². The fraction of sp³-hybridized carbons (Fsp3) is 0.520. The van der Waals surface area contributed by atoms with Crippen molar-refractivity contribution in [2.24, 2.45) is 4.99 Å². The molecule has 2 fully saturated rings. The Morgan fingerprint density at radius 3 is 2.79 bits per heavy atom. The molecule has 0 bridgehead atoms. The molecule has 0 saturated carbocycles. The minimum atomic E-state index is -2.56. The number of likely N-dealkylation sites (tertiary alicyclic amines) is 1. The van der Waals surface area contributed by atoms with Crippen molar-refractivity contribution in [1.82, 2.24) is 34.0 Å². The summed E-state index contributed by atoms with van der Waals surface area (Å²) in [6.45, 7) is 5.45. The third-order valence-corrected chi connectivity index (χ3v) is 7.74. The molecule has 202 valence electrons. The summed E-state index contributed by atoms with van der Waals surface area (Å²) >= 11 is 0. The molecule has 3 N–H and O–H groups in total. The number of ether oxygens (including phenoxy) is 1. The molecule has 4 aromatic rings. The lowest BCUT2D eigenvalue weighted by Gasteiger charge is -2.51. The first kappa shape index (κ1) is 23.7. The molecule has 2 saturated heterocycles. The van der Waals surface area contributed by atoms with Gasteiger partial charge in [-0.15, -0.1) is 0 Å². The summed E-state index contributed by atoms with van der Waals surface area (Å²) in [6.07, 6.45) is -2.25. The number of nitrogens with one attached hydrogen (secondary N) is 1. The first-order valence-electron chi connectivity index (χ1n) is 13.2. The Balaban J connectivity index is 1.34. The zero-order chi connectivity index (χ0) is 27.5. The SMILES string of the molecule is [2H]c1cc(-c2ccc3nc(C)n(CC(F)F)c3n2)c2c(N)nc(=N[C@H]3CCN(C4(CC)COC4)C[C@H]3F)[nH]n12. The van der Waals surface area contributed by atoms with Crippen molar-refractivity contribution in [3.8, 4) is 11.3 Å². The summed E-state index contributed by atoms with van der Waals surface area (Å²) < 4.78 is 58.2. The van der Waals surface area contributed by atoms with E-state index in [1.54, 1.807) is 25.1 Å². The molecule has 2 aliphatic rings. The summed E-state index contributed by atoms with van der Waals surface area (Å²) in [5.41, 5.74) is 8.50. The van der Waals surface area contributed by atoms with Gasteiger partial charge in [0.1, 0.15) is 23.0 Å². The van der Waals surface area contributed by atoms with E-state index in [1.165, 1.54) is 9.08 Å². The van der Waals surface area contributed by atoms with Crippen LogP contribution in [0.25, 0.3) is 27.9 Å². The van der Waals surface area contributed by atoms with Crippen LogP contribution in [0.15, 0.2) is 29.4 Å². The van der Waals surface area contributed by atoms with Gasteiger partial charge in [0.15, 0.2) is 11.5 Å². The van der Waals surface area contributed by atoms with Crippen molar-refractivity contribution < 1.29 is 19.3 Å². The molecule has 0 spiro atoms. The van der Waals surface area contributed by atoms with E-state index < -0.39 is 25.2 Å². The zero-order valence-corrected chi connectivity index (χ0v) is 21.2. The Hall–Kier alpha value is -3.45. The third-order valence-electron chi connectivity index (χ3n) is 7.74. The topological polar surface area (TPSA) is 115 Å². The number of hydrogen-bond acceptors (Lipinski definition) is 7. The van der Waals surface area contributed by atoms with Gasteiger partial charge in [0.05, 0.1) is 38.4 Å². The largest absolute Gasteiger partial charge is 0.382 e. The summed E-state index contributed by atoms with van der Waals surface area (Å²) in [4.78, 5) is 20.0. The molecule has 0 amide bonds. The van der Waals surface area contributed by atoms with Crippen molar-refractivity contribution >= 4 is 22.5 Å². The highest BCUT2D eigenvalue weighted by molar-refractivity contribution is 5.88. The predicted octanol–water partition coefficient (Wildman–Crippen LogP) is 2.72. The standard InChI is InChI=1S/C25H30F3N9O/c1-3-25(12-38-13-25)35-8-7-18(16(26)10-35)32-24-33-22(29)21-15(6-9-37(21)34-24)17-4-5-19-23(31-17)36(11-20(27)28)14(2)30-19/h4-6,9,16,18,20H,3,7-8,10-13H2,1-2H3,(H3,29,32,33,34)/t16-,18+/m1/s1/i9D. The Morgan fingerprint density at radius 2 is 2.11 bits per heavy atom. The van der Waals surface area contributed by atoms with E-state index in [-0.39, 0.29) is 29.7 Å². The summed E-state index contributed by atoms with van der Waals surface area (Å²) in [5.74, 6) is 0.520. The van der Waals surface area contributed by atoms with Crippen LogP contribution in [-0.4, -0.2) is 84.5 Å². The smallest absolute Gasteiger partial charge is 0.256 e. The van der Waals surface area contributed by atoms with Gasteiger partial charge >= 0.3 is 0 Å². The van der Waals surface area contributed by atoms with Gasteiger partial charge in [-0.05, 0) is 38.0 Å². The lowest BCUT2D eigenvalue weighted by Crippen LogP contribution is -2.65. The van der Waals surface area contributed by atoms with Crippen LogP contribution in [0.3, 0.4) is 0 Å². The first-order chi connectivity index (χ1) is 18.7. The number of halogens is 3. The highest BCUT2D eigenvalue weighted by Crippen LogP contribution is 2.33. The van der Waals surface area contributed by atoms with Crippen LogP contribution in [0.5, 0.6) is 0 Å². The maximum atomic E-state index is 15.2. The summed E-state index contributed by atoms with van der Waals surface area (Å²) in [7, 11) is 0. The normalized spacial score (nSPS) is 22.9. The van der Waals surface area contributed by atoms with Crippen LogP contribution in [0, 0.1) is 6.92 Å². The highest BCUT2D eigenvalue weighted by atomic mass is 19.3. The monoisotopic (exact) mass is 530 g/mol. The van der Waals surface area contributed by atoms with Crippen LogP contribution in [0.1, 0.15) is 27.0 Å². The van der Waals surface area contributed by atoms with Crippen molar-refractivity contribution in [2.75, 3.05) is 32.0 Å². The number of alkyl halides is 3. The minimum absolute atomic E-state index is 0.0613. The molecule has 0 aromatic carbocycles. The van der Waals surface area contributed by atoms with Gasteiger partial charge in [-0.2, -0.15) is 4.98 Å². The van der Waals surface area contributed by atoms with Gasteiger partial charge < -0.3 is 15.0 Å². The van der Waals surface area contributed by atoms with Crippen molar-refractivity contribution in [2.45, 2.75) is 57.4 Å². The average Bonchev–Trinajstić information content (AvgIpc) is 3.36. The molecule has 2 aliphatic heterocycles. The van der Waals surface area contributed by atoms with Crippen molar-refractivity contribution in [3.05, 3.63) is 35.8 Å². The fourth-order valence-electron chi connectivity index (χ4n) is 5.46. The van der Waals surface area contributed by atoms with E-state index in [9.17, 15) is 8.78 Å². The number of aromatic amines is 1. The number of nitrogens with zero attached hydrogens (tertiary/aromatic N) is 7. The Morgan fingerprint density at radius 1 is 1.29 bits per heavy atom. The van der Waals surface area contributed by atoms with Gasteiger partial charge in [-0.1, -0.05) is 6.92 Å². The fourth-order valence-corrected chi connectivity index (χ4v) is 5.46. The number of imidazole rings is 1. The number of pyridine rings is 1. The third kappa shape index (κ3) is 4.13. The molecular weight excluding hydrogens is 499 g/mol. The summed E-state index contributed by atoms with van der Waals surface area (Å²) in [5, 5.41) is 2.97. The molecule has 6 heterocycles. The number of anilines is 1. The van der Waals surface area contributed by atoms with Gasteiger partial charge in [0.2, 0.25) is 5.62 Å². The number of fused-ring (bicyclic) bond motifs is 2. The number of H-pyrrole nitrogens is 1. The van der Waals surface area contributed by atoms with Crippen LogP contribution >= 0.6 is 0 Å². The second-order valence-electron chi connectivity index (χ2n) is 10.0. The molecule has 0 aliphatic carbocycles. The second-order valence-corrected chi connectivity index (χ2v) is 10.0. The first-order valence-corrected chi connectivity index (χ1v) is 12.7. The van der Waals surface area contributed by atoms with E-state index >= 15 is 4.39 Å². The molecule has 10 nitrogen and oxygen atoms in total. The molecule has 0 unspecified atom stereocenters. The zero-order valence-electron chi connectivity index (χ0n) is 22.2. The van der Waals surface area contributed by atoms with E-state index in [0.717, 1.165) is 6.42 Å². The Bertz CT molecular complexity index is 1600. The van der Waals surface area contributed by atoms with Gasteiger partial charge in [-0.25, -0.2) is 28.1 Å². The van der Waals surface area contributed by atoms with Gasteiger partial charge in [0.25, 0.3) is 6.43 Å². The minimum Gasteiger partial charge on any atom is -0.382 e. The van der Waals surface area contributed by atoms with Crippen molar-refractivity contribution in [1.29, 1.82) is 0 Å². The predicted molar refractivity (Wildman–Crippen MR) is 135 cm³/mol. The van der Waals surface area contributed by atoms with Crippen LogP contribution < -0.4 is 11.4 Å². The number of nitrogen functional groups attached to an aromatic ring is 1. The number of hydrogen-bond donors (Lipinski definition) is 2. The average molecular weight is 531 g/mol. The molecule has 4 aromatic heterocycles. The van der Waals surface area contributed by atoms with Gasteiger partial charge in [-0.3, -0.25) is 14.5 Å². The Labute approximate surface area is 217 Å². The summed E-state index contributed by atoms with van der Waals surface area (Å²) in [6, 6.07) is 4.36. The molecule has 6 rings (SSSR count). The van der Waals surface area contributed by atoms with E-state index in [2.05, 4.69) is 36.9 Å². The number of aryl methyl sites for hydroxylation is 1. The maximum Gasteiger partial charge on any atom is 0.256 e. The van der Waals surface area contributed by atoms with Crippen LogP contribution in [-0.2, 0) is 11.3 Å². The van der Waals surface area contributed by atoms with E-state index in [4.69, 9.17) is 11.8 Å². The van der Waals surface area contributed by atoms with Crippen molar-refractivity contribution in [3.63, 3.8) is 0 Å². The number of nitrogens with two attached hydrogens (primary N) is 1. The molecule has 13 heteroatoms. The lowest BCUT2D eigenvalue weighted by atomic mass is 9.88. The van der Waals surface area contributed by atoms with Crippen LogP contribution in [0.2, 0.25) is 0 Å². The number of piperidine rings is 1. The molecule has 0 radical (unpaired) electrons. The highest BCUT2D eigenvalue weighted by Gasteiger charge is 2.45.